The highest BCUT2D eigenvalue weighted by atomic mass is 32.1. The van der Waals surface area contributed by atoms with Crippen molar-refractivity contribution in [1.82, 2.24) is 20.1 Å². The van der Waals surface area contributed by atoms with E-state index in [1.807, 2.05) is 36.4 Å². The molecule has 2 aromatic carbocycles. The van der Waals surface area contributed by atoms with Crippen LogP contribution in [0.15, 0.2) is 53.3 Å². The Kier molecular flexibility index (Phi) is 8.03. The number of benzene rings is 2. The molecule has 0 aliphatic carbocycles. The predicted octanol–water partition coefficient (Wildman–Crippen LogP) is 3.17. The molecule has 180 valence electrons. The highest BCUT2D eigenvalue weighted by Crippen LogP contribution is 2.33. The lowest BCUT2D eigenvalue weighted by molar-refractivity contribution is 0.172. The number of hydrogen-bond donors (Lipinski definition) is 2. The topological polar surface area (TPSA) is 69.8 Å². The fourth-order valence-electron chi connectivity index (χ4n) is 3.97. The van der Waals surface area contributed by atoms with Crippen molar-refractivity contribution in [3.05, 3.63) is 70.0 Å². The van der Waals surface area contributed by atoms with Crippen molar-refractivity contribution in [2.75, 3.05) is 46.9 Å². The van der Waals surface area contributed by atoms with Crippen LogP contribution in [0.4, 0.5) is 0 Å². The lowest BCUT2D eigenvalue weighted by Gasteiger charge is -2.26. The normalized spacial score (nSPS) is 12.7. The molecule has 1 aliphatic rings. The summed E-state index contributed by atoms with van der Waals surface area (Å²) in [6.07, 6.45) is 1.83. The van der Waals surface area contributed by atoms with E-state index in [1.54, 1.807) is 0 Å². The molecule has 0 bridgehead atoms. The Balaban J connectivity index is 1.53. The Bertz CT molecular complexity index is 1180. The fraction of sp³-hybridized carbons (Fsp3) is 0.385. The van der Waals surface area contributed by atoms with Gasteiger partial charge in [0, 0.05) is 30.1 Å². The molecule has 2 heterocycles. The van der Waals surface area contributed by atoms with Gasteiger partial charge in [-0.15, -0.1) is 0 Å². The van der Waals surface area contributed by atoms with Crippen LogP contribution in [0.2, 0.25) is 0 Å². The molecule has 0 amide bonds. The van der Waals surface area contributed by atoms with Gasteiger partial charge in [0.25, 0.3) is 5.56 Å². The smallest absolute Gasteiger partial charge is 0.253 e. The molecule has 0 fully saturated rings. The molecule has 4 rings (SSSR count). The first-order chi connectivity index (χ1) is 16.5. The van der Waals surface area contributed by atoms with Crippen molar-refractivity contribution in [1.29, 1.82) is 0 Å². The fourth-order valence-corrected chi connectivity index (χ4v) is 4.23. The van der Waals surface area contributed by atoms with Gasteiger partial charge in [0.1, 0.15) is 13.2 Å². The van der Waals surface area contributed by atoms with Crippen LogP contribution < -0.4 is 20.3 Å². The number of pyridine rings is 1. The molecule has 7 nitrogen and oxygen atoms in total. The van der Waals surface area contributed by atoms with E-state index in [-0.39, 0.29) is 5.56 Å². The summed E-state index contributed by atoms with van der Waals surface area (Å²) in [4.78, 5) is 20.2. The molecule has 0 spiro atoms. The average Bonchev–Trinajstić information content (AvgIpc) is 2.84. The van der Waals surface area contributed by atoms with Gasteiger partial charge in [-0.1, -0.05) is 30.3 Å². The number of aromatic amines is 1. The Morgan fingerprint density at radius 1 is 1.06 bits per heavy atom. The van der Waals surface area contributed by atoms with E-state index in [9.17, 15) is 4.79 Å². The average molecular weight is 481 g/mol. The maximum absolute atomic E-state index is 12.9. The van der Waals surface area contributed by atoms with E-state index in [0.29, 0.717) is 48.5 Å². The van der Waals surface area contributed by atoms with E-state index >= 15 is 0 Å². The van der Waals surface area contributed by atoms with Crippen LogP contribution in [-0.4, -0.2) is 66.8 Å². The molecular weight excluding hydrogens is 448 g/mol. The van der Waals surface area contributed by atoms with Crippen LogP contribution in [0.25, 0.3) is 10.9 Å². The summed E-state index contributed by atoms with van der Waals surface area (Å²) in [6, 6.07) is 16.0. The maximum Gasteiger partial charge on any atom is 0.253 e. The van der Waals surface area contributed by atoms with Gasteiger partial charge < -0.3 is 29.6 Å². The minimum atomic E-state index is -0.121. The number of rotatable bonds is 9. The lowest BCUT2D eigenvalue weighted by Crippen LogP contribution is -2.42. The second kappa shape index (κ2) is 11.4. The van der Waals surface area contributed by atoms with Gasteiger partial charge in [-0.25, -0.2) is 0 Å². The molecular formula is C26H32N4O3S. The van der Waals surface area contributed by atoms with Crippen molar-refractivity contribution in [2.24, 2.45) is 0 Å². The summed E-state index contributed by atoms with van der Waals surface area (Å²) in [5.74, 6) is 1.37. The van der Waals surface area contributed by atoms with Gasteiger partial charge in [-0.2, -0.15) is 0 Å². The number of aromatic nitrogens is 1. The summed E-state index contributed by atoms with van der Waals surface area (Å²) >= 11 is 5.74. The standard InChI is InChI=1S/C26H32N4O3S/c1-29(2)11-6-10-27-26(34)30(12-9-19-7-4-3-5-8-19)18-21-15-20-16-23-24(33-14-13-32-23)17-22(20)28-25(21)31/h3-5,7-8,15-17H,6,9-14,18H2,1-2H3,(H,27,34)(H,28,31). The Hall–Kier alpha value is -3.10. The van der Waals surface area contributed by atoms with E-state index in [0.717, 1.165) is 36.8 Å². The monoisotopic (exact) mass is 480 g/mol. The molecule has 0 atom stereocenters. The molecule has 34 heavy (non-hydrogen) atoms. The van der Waals surface area contributed by atoms with Gasteiger partial charge in [0.15, 0.2) is 16.6 Å². The number of hydrogen-bond acceptors (Lipinski definition) is 5. The number of fused-ring (bicyclic) bond motifs is 2. The summed E-state index contributed by atoms with van der Waals surface area (Å²) in [7, 11) is 4.12. The first kappa shape index (κ1) is 24.0. The van der Waals surface area contributed by atoms with E-state index in [4.69, 9.17) is 21.7 Å². The number of thiocarbonyl (C=S) groups is 1. The first-order valence-electron chi connectivity index (χ1n) is 11.7. The number of ether oxygens (including phenoxy) is 2. The molecule has 2 N–H and O–H groups in total. The Labute approximate surface area is 205 Å². The van der Waals surface area contributed by atoms with Crippen LogP contribution in [0, 0.1) is 0 Å². The second-order valence-electron chi connectivity index (χ2n) is 8.75. The van der Waals surface area contributed by atoms with Crippen molar-refractivity contribution in [2.45, 2.75) is 19.4 Å². The Morgan fingerprint density at radius 3 is 2.53 bits per heavy atom. The second-order valence-corrected chi connectivity index (χ2v) is 9.14. The highest BCUT2D eigenvalue weighted by molar-refractivity contribution is 7.80. The number of nitrogens with one attached hydrogen (secondary N) is 2. The van der Waals surface area contributed by atoms with Gasteiger partial charge >= 0.3 is 0 Å². The highest BCUT2D eigenvalue weighted by Gasteiger charge is 2.16. The third-order valence-electron chi connectivity index (χ3n) is 5.80. The summed E-state index contributed by atoms with van der Waals surface area (Å²) in [5.41, 5.74) is 2.51. The first-order valence-corrected chi connectivity index (χ1v) is 12.1. The molecule has 0 saturated carbocycles. The van der Waals surface area contributed by atoms with Crippen molar-refractivity contribution in [3.63, 3.8) is 0 Å². The molecule has 0 radical (unpaired) electrons. The predicted molar refractivity (Wildman–Crippen MR) is 140 cm³/mol. The van der Waals surface area contributed by atoms with Crippen molar-refractivity contribution >= 4 is 28.2 Å². The van der Waals surface area contributed by atoms with Gasteiger partial charge in [0.05, 0.1) is 12.1 Å². The minimum Gasteiger partial charge on any atom is -0.486 e. The van der Waals surface area contributed by atoms with Crippen molar-refractivity contribution < 1.29 is 9.47 Å². The van der Waals surface area contributed by atoms with Gasteiger partial charge in [-0.3, -0.25) is 4.79 Å². The van der Waals surface area contributed by atoms with Crippen LogP contribution in [0.1, 0.15) is 17.5 Å². The summed E-state index contributed by atoms with van der Waals surface area (Å²) in [6.45, 7) is 3.94. The van der Waals surface area contributed by atoms with Gasteiger partial charge in [-0.05, 0) is 63.4 Å². The molecule has 1 aliphatic heterocycles. The lowest BCUT2D eigenvalue weighted by atomic mass is 10.1. The van der Waals surface area contributed by atoms with E-state index in [1.165, 1.54) is 5.56 Å². The molecule has 1 aromatic heterocycles. The summed E-state index contributed by atoms with van der Waals surface area (Å²) in [5, 5.41) is 4.95. The third-order valence-corrected chi connectivity index (χ3v) is 6.21. The molecule has 0 unspecified atom stereocenters. The minimum absolute atomic E-state index is 0.121. The van der Waals surface area contributed by atoms with Crippen LogP contribution in [-0.2, 0) is 13.0 Å². The molecule has 3 aromatic rings. The maximum atomic E-state index is 12.9. The zero-order chi connectivity index (χ0) is 23.9. The van der Waals surface area contributed by atoms with Crippen molar-refractivity contribution in [3.8, 4) is 11.5 Å². The number of H-pyrrole nitrogens is 1. The van der Waals surface area contributed by atoms with E-state index in [2.05, 4.69) is 46.3 Å². The largest absolute Gasteiger partial charge is 0.486 e. The molecule has 0 saturated heterocycles. The van der Waals surface area contributed by atoms with Crippen LogP contribution >= 0.6 is 12.2 Å². The Morgan fingerprint density at radius 2 is 1.79 bits per heavy atom. The SMILES string of the molecule is CN(C)CCCNC(=S)N(CCc1ccccc1)Cc1cc2cc3c(cc2[nH]c1=O)OCCO3. The zero-order valence-corrected chi connectivity index (χ0v) is 20.6. The zero-order valence-electron chi connectivity index (χ0n) is 19.8. The summed E-state index contributed by atoms with van der Waals surface area (Å²) < 4.78 is 11.4. The third kappa shape index (κ3) is 6.27. The van der Waals surface area contributed by atoms with E-state index < -0.39 is 0 Å². The number of nitrogens with zero attached hydrogens (tertiary/aromatic N) is 2. The van der Waals surface area contributed by atoms with Crippen LogP contribution in [0.5, 0.6) is 11.5 Å². The molecule has 8 heteroatoms. The van der Waals surface area contributed by atoms with Gasteiger partial charge in [0.2, 0.25) is 0 Å². The van der Waals surface area contributed by atoms with Crippen LogP contribution in [0.3, 0.4) is 0 Å². The quantitative estimate of drug-likeness (QED) is 0.360.